The van der Waals surface area contributed by atoms with Gasteiger partial charge in [-0.15, -0.1) is 0 Å². The molecule has 0 saturated carbocycles. The van der Waals surface area contributed by atoms with E-state index >= 15 is 0 Å². The van der Waals surface area contributed by atoms with Crippen LogP contribution in [-0.2, 0) is 17.5 Å². The smallest absolute Gasteiger partial charge is 0.419 e. The van der Waals surface area contributed by atoms with E-state index in [9.17, 15) is 13.2 Å². The van der Waals surface area contributed by atoms with E-state index < -0.39 is 23.9 Å². The monoisotopic (exact) mass is 292 g/mol. The summed E-state index contributed by atoms with van der Waals surface area (Å²) in [5.41, 5.74) is -1.13. The quantitative estimate of drug-likeness (QED) is 0.873. The average Bonchev–Trinajstić information content (AvgIpc) is 2.37. The highest BCUT2D eigenvalue weighted by atomic mass is 19.4. The Kier molecular flexibility index (Phi) is 5.42. The molecule has 0 bridgehead atoms. The number of aliphatic hydroxyl groups excluding tert-OH is 1. The van der Waals surface area contributed by atoms with Crippen LogP contribution >= 0.6 is 0 Å². The molecular formula is C14H19F3O3. The van der Waals surface area contributed by atoms with E-state index in [0.717, 1.165) is 6.07 Å². The maximum atomic E-state index is 12.9. The summed E-state index contributed by atoms with van der Waals surface area (Å²) in [5, 5.41) is 8.91. The van der Waals surface area contributed by atoms with Crippen molar-refractivity contribution >= 4 is 0 Å². The van der Waals surface area contributed by atoms with Crippen molar-refractivity contribution in [1.82, 2.24) is 0 Å². The molecule has 0 atom stereocenters. The number of hydrogen-bond donors (Lipinski definition) is 1. The summed E-state index contributed by atoms with van der Waals surface area (Å²) >= 11 is 0. The van der Waals surface area contributed by atoms with Crippen LogP contribution in [0, 0.1) is 0 Å². The Balaban J connectivity index is 2.84. The van der Waals surface area contributed by atoms with Crippen LogP contribution in [0.3, 0.4) is 0 Å². The highest BCUT2D eigenvalue weighted by Crippen LogP contribution is 2.37. The van der Waals surface area contributed by atoms with E-state index in [1.807, 2.05) is 13.8 Å². The first-order valence-corrected chi connectivity index (χ1v) is 6.18. The van der Waals surface area contributed by atoms with E-state index in [2.05, 4.69) is 0 Å². The van der Waals surface area contributed by atoms with Crippen LogP contribution < -0.4 is 4.74 Å². The Bertz CT molecular complexity index is 442. The van der Waals surface area contributed by atoms with Gasteiger partial charge in [-0.2, -0.15) is 13.2 Å². The molecule has 20 heavy (non-hydrogen) atoms. The van der Waals surface area contributed by atoms with Gasteiger partial charge in [-0.05, 0) is 31.5 Å². The number of benzene rings is 1. The Morgan fingerprint density at radius 1 is 1.20 bits per heavy atom. The van der Waals surface area contributed by atoms with E-state index in [1.54, 1.807) is 0 Å². The zero-order chi connectivity index (χ0) is 15.4. The van der Waals surface area contributed by atoms with Crippen molar-refractivity contribution in [3.63, 3.8) is 0 Å². The largest absolute Gasteiger partial charge is 0.493 e. The molecule has 0 saturated heterocycles. The molecule has 1 aromatic carbocycles. The van der Waals surface area contributed by atoms with Gasteiger partial charge in [0.1, 0.15) is 5.75 Å². The third-order valence-corrected chi connectivity index (χ3v) is 3.05. The van der Waals surface area contributed by atoms with Crippen molar-refractivity contribution < 1.29 is 27.8 Å². The fourth-order valence-corrected chi connectivity index (χ4v) is 1.53. The molecule has 1 rings (SSSR count). The molecule has 0 fully saturated rings. The lowest BCUT2D eigenvalue weighted by Gasteiger charge is -2.23. The fourth-order valence-electron chi connectivity index (χ4n) is 1.53. The average molecular weight is 292 g/mol. The molecule has 0 heterocycles. The first-order valence-electron chi connectivity index (χ1n) is 6.18. The van der Waals surface area contributed by atoms with Gasteiger partial charge in [0.2, 0.25) is 0 Å². The number of halogens is 3. The molecule has 0 aliphatic carbocycles. The van der Waals surface area contributed by atoms with Crippen LogP contribution in [-0.4, -0.2) is 24.4 Å². The molecule has 0 aromatic heterocycles. The lowest BCUT2D eigenvalue weighted by molar-refractivity contribution is -0.139. The zero-order valence-electron chi connectivity index (χ0n) is 11.8. The van der Waals surface area contributed by atoms with Crippen molar-refractivity contribution in [2.75, 3.05) is 13.7 Å². The van der Waals surface area contributed by atoms with Gasteiger partial charge < -0.3 is 14.6 Å². The van der Waals surface area contributed by atoms with E-state index in [4.69, 9.17) is 14.6 Å². The predicted molar refractivity (Wildman–Crippen MR) is 68.6 cm³/mol. The maximum absolute atomic E-state index is 12.9. The normalized spacial score (nSPS) is 12.6. The second-order valence-corrected chi connectivity index (χ2v) is 5.05. The SMILES string of the molecule is COC(C)(C)CCOc1ccc(CO)cc1C(F)(F)F. The number of methoxy groups -OCH3 is 1. The van der Waals surface area contributed by atoms with Crippen molar-refractivity contribution in [2.24, 2.45) is 0 Å². The highest BCUT2D eigenvalue weighted by molar-refractivity contribution is 5.39. The molecule has 3 nitrogen and oxygen atoms in total. The summed E-state index contributed by atoms with van der Waals surface area (Å²) in [6.07, 6.45) is -4.06. The van der Waals surface area contributed by atoms with Gasteiger partial charge >= 0.3 is 6.18 Å². The summed E-state index contributed by atoms with van der Waals surface area (Å²) in [4.78, 5) is 0. The second kappa shape index (κ2) is 6.45. The summed E-state index contributed by atoms with van der Waals surface area (Å²) in [7, 11) is 1.54. The Morgan fingerprint density at radius 2 is 1.85 bits per heavy atom. The molecule has 1 aromatic rings. The van der Waals surface area contributed by atoms with Gasteiger partial charge in [0.15, 0.2) is 0 Å². The molecule has 6 heteroatoms. The van der Waals surface area contributed by atoms with Crippen LogP contribution in [0.4, 0.5) is 13.2 Å². The van der Waals surface area contributed by atoms with Crippen LogP contribution in [0.25, 0.3) is 0 Å². The van der Waals surface area contributed by atoms with Crippen molar-refractivity contribution in [3.05, 3.63) is 29.3 Å². The molecule has 0 unspecified atom stereocenters. The minimum atomic E-state index is -4.52. The van der Waals surface area contributed by atoms with E-state index in [1.165, 1.54) is 19.2 Å². The highest BCUT2D eigenvalue weighted by Gasteiger charge is 2.34. The van der Waals surface area contributed by atoms with Crippen molar-refractivity contribution in [3.8, 4) is 5.75 Å². The van der Waals surface area contributed by atoms with Crippen molar-refractivity contribution in [1.29, 1.82) is 0 Å². The van der Waals surface area contributed by atoms with Crippen LogP contribution in [0.2, 0.25) is 0 Å². The second-order valence-electron chi connectivity index (χ2n) is 5.05. The first-order chi connectivity index (χ1) is 9.19. The number of hydrogen-bond acceptors (Lipinski definition) is 3. The molecule has 0 aliphatic rings. The molecule has 114 valence electrons. The summed E-state index contributed by atoms with van der Waals surface area (Å²) in [6, 6.07) is 3.54. The minimum Gasteiger partial charge on any atom is -0.493 e. The topological polar surface area (TPSA) is 38.7 Å². The fraction of sp³-hybridized carbons (Fsp3) is 0.571. The van der Waals surface area contributed by atoms with Gasteiger partial charge in [-0.1, -0.05) is 6.07 Å². The molecule has 0 aliphatic heterocycles. The van der Waals surface area contributed by atoms with Gasteiger partial charge in [0.05, 0.1) is 24.4 Å². The third kappa shape index (κ3) is 4.68. The number of rotatable bonds is 6. The van der Waals surface area contributed by atoms with Crippen molar-refractivity contribution in [2.45, 2.75) is 38.7 Å². The Labute approximate surface area is 116 Å². The lowest BCUT2D eigenvalue weighted by Crippen LogP contribution is -2.25. The van der Waals surface area contributed by atoms with E-state index in [0.29, 0.717) is 6.42 Å². The summed E-state index contributed by atoms with van der Waals surface area (Å²) in [6.45, 7) is 3.33. The number of ether oxygens (including phenoxy) is 2. The minimum absolute atomic E-state index is 0.113. The molecule has 0 radical (unpaired) electrons. The maximum Gasteiger partial charge on any atom is 0.419 e. The van der Waals surface area contributed by atoms with Gasteiger partial charge in [0, 0.05) is 13.5 Å². The van der Waals surface area contributed by atoms with Gasteiger partial charge in [-0.25, -0.2) is 0 Å². The van der Waals surface area contributed by atoms with Gasteiger partial charge in [-0.3, -0.25) is 0 Å². The summed E-state index contributed by atoms with van der Waals surface area (Å²) < 4.78 is 49.1. The zero-order valence-corrected chi connectivity index (χ0v) is 11.8. The van der Waals surface area contributed by atoms with Crippen LogP contribution in [0.1, 0.15) is 31.4 Å². The van der Waals surface area contributed by atoms with Crippen LogP contribution in [0.15, 0.2) is 18.2 Å². The number of aliphatic hydroxyl groups is 1. The standard InChI is InChI=1S/C14H19F3O3/c1-13(2,19-3)6-7-20-12-5-4-10(9-18)8-11(12)14(15,16)17/h4-5,8,18H,6-7,9H2,1-3H3. The molecule has 0 spiro atoms. The predicted octanol–water partition coefficient (Wildman–Crippen LogP) is 3.39. The van der Waals surface area contributed by atoms with E-state index in [-0.39, 0.29) is 17.9 Å². The molecule has 0 amide bonds. The number of alkyl halides is 3. The third-order valence-electron chi connectivity index (χ3n) is 3.05. The Morgan fingerprint density at radius 3 is 2.35 bits per heavy atom. The lowest BCUT2D eigenvalue weighted by atomic mass is 10.1. The van der Waals surface area contributed by atoms with Crippen LogP contribution in [0.5, 0.6) is 5.75 Å². The Hall–Kier alpha value is -1.27. The molecular weight excluding hydrogens is 273 g/mol. The van der Waals surface area contributed by atoms with Gasteiger partial charge in [0.25, 0.3) is 0 Å². The first kappa shape index (κ1) is 16.8. The molecule has 1 N–H and O–H groups in total. The summed E-state index contributed by atoms with van der Waals surface area (Å²) in [5.74, 6) is -0.235.